The number of hydrogen-bond donors (Lipinski definition) is 0. The summed E-state index contributed by atoms with van der Waals surface area (Å²) in [5.74, 6) is 0.849. The van der Waals surface area contributed by atoms with Gasteiger partial charge in [0.2, 0.25) is 0 Å². The van der Waals surface area contributed by atoms with Crippen molar-refractivity contribution in [1.82, 2.24) is 0 Å². The number of aliphatic imine (C=N–C) groups is 1. The Morgan fingerprint density at radius 2 is 1.89 bits per heavy atom. The van der Waals surface area contributed by atoms with Crippen molar-refractivity contribution in [2.45, 2.75) is 13.8 Å². The van der Waals surface area contributed by atoms with Crippen LogP contribution in [0.25, 0.3) is 0 Å². The lowest BCUT2D eigenvalue weighted by Gasteiger charge is -2.07. The lowest BCUT2D eigenvalue weighted by Crippen LogP contribution is -1.95. The van der Waals surface area contributed by atoms with Crippen LogP contribution in [0.5, 0.6) is 5.75 Å². The van der Waals surface area contributed by atoms with Crippen molar-refractivity contribution in [3.63, 3.8) is 0 Å². The summed E-state index contributed by atoms with van der Waals surface area (Å²) in [7, 11) is 0. The van der Waals surface area contributed by atoms with Crippen LogP contribution in [-0.4, -0.2) is 12.8 Å². The first-order valence-corrected chi connectivity index (χ1v) is 7.01. The van der Waals surface area contributed by atoms with Crippen molar-refractivity contribution < 1.29 is 4.74 Å². The van der Waals surface area contributed by atoms with Crippen molar-refractivity contribution in [2.24, 2.45) is 4.99 Å². The first kappa shape index (κ1) is 13.8. The molecule has 0 amide bonds. The van der Waals surface area contributed by atoms with E-state index in [0.29, 0.717) is 6.61 Å². The van der Waals surface area contributed by atoms with Crippen LogP contribution < -0.4 is 4.74 Å². The highest BCUT2D eigenvalue weighted by molar-refractivity contribution is 9.10. The molecule has 2 aromatic carbocycles. The van der Waals surface area contributed by atoms with Gasteiger partial charge in [-0.05, 0) is 44.2 Å². The van der Waals surface area contributed by atoms with E-state index in [4.69, 9.17) is 4.74 Å². The van der Waals surface area contributed by atoms with E-state index in [2.05, 4.69) is 40.0 Å². The molecule has 2 aromatic rings. The molecule has 0 saturated heterocycles. The summed E-state index contributed by atoms with van der Waals surface area (Å²) in [6.07, 6.45) is 1.83. The molecule has 0 aliphatic rings. The van der Waals surface area contributed by atoms with Gasteiger partial charge >= 0.3 is 0 Å². The summed E-state index contributed by atoms with van der Waals surface area (Å²) in [6, 6.07) is 14.0. The van der Waals surface area contributed by atoms with Crippen LogP contribution in [0, 0.1) is 6.92 Å². The number of ether oxygens (including phenoxy) is 1. The van der Waals surface area contributed by atoms with E-state index in [0.717, 1.165) is 21.5 Å². The number of halogens is 1. The van der Waals surface area contributed by atoms with Crippen LogP contribution in [0.1, 0.15) is 18.1 Å². The molecule has 0 radical (unpaired) electrons. The van der Waals surface area contributed by atoms with Gasteiger partial charge in [0, 0.05) is 16.3 Å². The van der Waals surface area contributed by atoms with Crippen molar-refractivity contribution in [3.8, 4) is 5.75 Å². The molecule has 0 saturated carbocycles. The molecule has 2 rings (SSSR count). The van der Waals surface area contributed by atoms with Crippen molar-refractivity contribution in [2.75, 3.05) is 6.61 Å². The van der Waals surface area contributed by atoms with E-state index in [9.17, 15) is 0 Å². The van der Waals surface area contributed by atoms with Gasteiger partial charge in [-0.25, -0.2) is 0 Å². The molecule has 3 heteroatoms. The molecule has 0 aliphatic carbocycles. The minimum Gasteiger partial charge on any atom is -0.493 e. The Morgan fingerprint density at radius 1 is 1.16 bits per heavy atom. The maximum Gasteiger partial charge on any atom is 0.128 e. The standard InChI is InChI=1S/C16H16BrNO/c1-3-19-16-9-6-14(17)10-13(16)11-18-15-7-4-12(2)5-8-15/h4-11H,3H2,1-2H3. The van der Waals surface area contributed by atoms with Crippen LogP contribution in [0.4, 0.5) is 5.69 Å². The molecule has 0 aromatic heterocycles. The van der Waals surface area contributed by atoms with Gasteiger partial charge in [-0.15, -0.1) is 0 Å². The zero-order chi connectivity index (χ0) is 13.7. The van der Waals surface area contributed by atoms with Gasteiger partial charge < -0.3 is 4.74 Å². The van der Waals surface area contributed by atoms with Gasteiger partial charge in [0.05, 0.1) is 12.3 Å². The summed E-state index contributed by atoms with van der Waals surface area (Å²) < 4.78 is 6.60. The zero-order valence-electron chi connectivity index (χ0n) is 11.1. The topological polar surface area (TPSA) is 21.6 Å². The molecule has 0 fully saturated rings. The molecule has 0 bridgehead atoms. The smallest absolute Gasteiger partial charge is 0.128 e. The predicted octanol–water partition coefficient (Wildman–Crippen LogP) is 4.91. The lowest BCUT2D eigenvalue weighted by molar-refractivity contribution is 0.339. The Bertz CT molecular complexity index is 576. The fraction of sp³-hybridized carbons (Fsp3) is 0.188. The second-order valence-electron chi connectivity index (χ2n) is 4.21. The summed E-state index contributed by atoms with van der Waals surface area (Å²) in [5.41, 5.74) is 3.14. The predicted molar refractivity (Wildman–Crippen MR) is 83.7 cm³/mol. The number of aryl methyl sites for hydroxylation is 1. The zero-order valence-corrected chi connectivity index (χ0v) is 12.6. The molecular formula is C16H16BrNO. The lowest BCUT2D eigenvalue weighted by atomic mass is 10.2. The fourth-order valence-corrected chi connectivity index (χ4v) is 2.06. The monoisotopic (exact) mass is 317 g/mol. The van der Waals surface area contributed by atoms with Crippen LogP contribution in [-0.2, 0) is 0 Å². The minimum absolute atomic E-state index is 0.646. The minimum atomic E-state index is 0.646. The normalized spacial score (nSPS) is 10.9. The van der Waals surface area contributed by atoms with Gasteiger partial charge in [0.15, 0.2) is 0 Å². The van der Waals surface area contributed by atoms with Crippen molar-refractivity contribution in [1.29, 1.82) is 0 Å². The van der Waals surface area contributed by atoms with E-state index in [1.807, 2.05) is 43.5 Å². The van der Waals surface area contributed by atoms with Crippen LogP contribution in [0.2, 0.25) is 0 Å². The molecule has 0 heterocycles. The van der Waals surface area contributed by atoms with E-state index < -0.39 is 0 Å². The largest absolute Gasteiger partial charge is 0.493 e. The van der Waals surface area contributed by atoms with E-state index in [-0.39, 0.29) is 0 Å². The summed E-state index contributed by atoms with van der Waals surface area (Å²) in [5, 5.41) is 0. The highest BCUT2D eigenvalue weighted by Gasteiger charge is 2.01. The third-order valence-corrected chi connectivity index (χ3v) is 3.15. The maximum atomic E-state index is 5.59. The molecule has 2 nitrogen and oxygen atoms in total. The molecule has 98 valence electrons. The Hall–Kier alpha value is -1.61. The maximum absolute atomic E-state index is 5.59. The number of rotatable bonds is 4. The number of hydrogen-bond acceptors (Lipinski definition) is 2. The molecule has 0 atom stereocenters. The second kappa shape index (κ2) is 6.53. The van der Waals surface area contributed by atoms with E-state index in [1.165, 1.54) is 5.56 Å². The summed E-state index contributed by atoms with van der Waals surface area (Å²) in [6.45, 7) is 4.69. The fourth-order valence-electron chi connectivity index (χ4n) is 1.68. The number of nitrogens with zero attached hydrogens (tertiary/aromatic N) is 1. The van der Waals surface area contributed by atoms with Gasteiger partial charge in [-0.2, -0.15) is 0 Å². The van der Waals surface area contributed by atoms with Gasteiger partial charge in [-0.3, -0.25) is 4.99 Å². The number of benzene rings is 2. The van der Waals surface area contributed by atoms with Crippen molar-refractivity contribution in [3.05, 3.63) is 58.1 Å². The summed E-state index contributed by atoms with van der Waals surface area (Å²) >= 11 is 3.47. The third kappa shape index (κ3) is 3.93. The molecular weight excluding hydrogens is 302 g/mol. The first-order valence-electron chi connectivity index (χ1n) is 6.22. The van der Waals surface area contributed by atoms with Crippen molar-refractivity contribution >= 4 is 27.8 Å². The van der Waals surface area contributed by atoms with Crippen LogP contribution in [0.3, 0.4) is 0 Å². The Morgan fingerprint density at radius 3 is 2.58 bits per heavy atom. The molecule has 0 N–H and O–H groups in total. The average molecular weight is 318 g/mol. The van der Waals surface area contributed by atoms with E-state index in [1.54, 1.807) is 0 Å². The van der Waals surface area contributed by atoms with Crippen LogP contribution in [0.15, 0.2) is 51.9 Å². The highest BCUT2D eigenvalue weighted by atomic mass is 79.9. The van der Waals surface area contributed by atoms with E-state index >= 15 is 0 Å². The second-order valence-corrected chi connectivity index (χ2v) is 5.12. The highest BCUT2D eigenvalue weighted by Crippen LogP contribution is 2.23. The summed E-state index contributed by atoms with van der Waals surface area (Å²) in [4.78, 5) is 4.48. The van der Waals surface area contributed by atoms with Crippen LogP contribution >= 0.6 is 15.9 Å². The Labute approximate surface area is 122 Å². The van der Waals surface area contributed by atoms with Gasteiger partial charge in [0.25, 0.3) is 0 Å². The SMILES string of the molecule is CCOc1ccc(Br)cc1C=Nc1ccc(C)cc1. The Kier molecular flexibility index (Phi) is 4.74. The Balaban J connectivity index is 2.26. The molecule has 0 unspecified atom stereocenters. The quantitative estimate of drug-likeness (QED) is 0.734. The molecule has 0 aliphatic heterocycles. The molecule has 19 heavy (non-hydrogen) atoms. The average Bonchev–Trinajstić information content (AvgIpc) is 2.41. The van der Waals surface area contributed by atoms with Gasteiger partial charge in [-0.1, -0.05) is 33.6 Å². The van der Waals surface area contributed by atoms with Gasteiger partial charge in [0.1, 0.15) is 5.75 Å². The third-order valence-electron chi connectivity index (χ3n) is 2.66. The first-order chi connectivity index (χ1) is 9.19. The molecule has 0 spiro atoms.